The summed E-state index contributed by atoms with van der Waals surface area (Å²) in [5.74, 6) is -1.35. The van der Waals surface area contributed by atoms with Crippen molar-refractivity contribution < 1.29 is 22.4 Å². The molecule has 0 aliphatic carbocycles. The number of alkyl halides is 3. The largest absolute Gasteiger partial charge is 0.405 e. The summed E-state index contributed by atoms with van der Waals surface area (Å²) in [5, 5.41) is 4.36. The van der Waals surface area contributed by atoms with Crippen LogP contribution in [0.3, 0.4) is 0 Å². The van der Waals surface area contributed by atoms with Crippen LogP contribution in [0.15, 0.2) is 22.7 Å². The number of hydrogen-bond donors (Lipinski definition) is 2. The molecule has 0 saturated carbocycles. The standard InChI is InChI=1S/C11H11BrF4N2O/c1-6(10(19)17-5-11(14,15)16)18-9-4-7(13)2-3-8(9)12/h2-4,6,18H,5H2,1H3,(H,17,19). The Morgan fingerprint density at radius 2 is 2.05 bits per heavy atom. The third-order valence-corrected chi connectivity index (χ3v) is 2.85. The number of rotatable bonds is 4. The van der Waals surface area contributed by atoms with Crippen LogP contribution in [0.5, 0.6) is 0 Å². The van der Waals surface area contributed by atoms with Gasteiger partial charge in [-0.15, -0.1) is 0 Å². The molecule has 0 aliphatic heterocycles. The maximum atomic E-state index is 13.0. The molecule has 1 unspecified atom stereocenters. The minimum atomic E-state index is -4.46. The molecule has 1 rings (SSSR count). The zero-order chi connectivity index (χ0) is 14.6. The third kappa shape index (κ3) is 5.46. The fourth-order valence-corrected chi connectivity index (χ4v) is 1.61. The highest BCUT2D eigenvalue weighted by Gasteiger charge is 2.28. The molecule has 3 nitrogen and oxygen atoms in total. The lowest BCUT2D eigenvalue weighted by molar-refractivity contribution is -0.138. The molecule has 0 bridgehead atoms. The zero-order valence-electron chi connectivity index (χ0n) is 9.81. The van der Waals surface area contributed by atoms with Gasteiger partial charge in [0, 0.05) is 4.47 Å². The first kappa shape index (κ1) is 15.7. The first-order chi connectivity index (χ1) is 8.69. The van der Waals surface area contributed by atoms with Gasteiger partial charge in [0.25, 0.3) is 0 Å². The van der Waals surface area contributed by atoms with Crippen molar-refractivity contribution >= 4 is 27.5 Å². The number of carbonyl (C=O) groups is 1. The lowest BCUT2D eigenvalue weighted by Gasteiger charge is -2.17. The van der Waals surface area contributed by atoms with Crippen molar-refractivity contribution in [3.05, 3.63) is 28.5 Å². The summed E-state index contributed by atoms with van der Waals surface area (Å²) in [6.45, 7) is -0.0226. The van der Waals surface area contributed by atoms with Crippen LogP contribution in [0.1, 0.15) is 6.92 Å². The predicted molar refractivity (Wildman–Crippen MR) is 66.2 cm³/mol. The van der Waals surface area contributed by atoms with Crippen LogP contribution in [-0.2, 0) is 4.79 Å². The predicted octanol–water partition coefficient (Wildman–Crippen LogP) is 3.07. The number of anilines is 1. The molecular weight excluding hydrogens is 332 g/mol. The van der Waals surface area contributed by atoms with Gasteiger partial charge in [-0.1, -0.05) is 0 Å². The van der Waals surface area contributed by atoms with Gasteiger partial charge >= 0.3 is 6.18 Å². The van der Waals surface area contributed by atoms with Crippen molar-refractivity contribution in [2.75, 3.05) is 11.9 Å². The molecule has 0 spiro atoms. The Labute approximate surface area is 115 Å². The van der Waals surface area contributed by atoms with Crippen LogP contribution >= 0.6 is 15.9 Å². The van der Waals surface area contributed by atoms with Crippen molar-refractivity contribution in [1.29, 1.82) is 0 Å². The van der Waals surface area contributed by atoms with Gasteiger partial charge in [0.05, 0.1) is 5.69 Å². The number of carbonyl (C=O) groups excluding carboxylic acids is 1. The highest BCUT2D eigenvalue weighted by Crippen LogP contribution is 2.23. The van der Waals surface area contributed by atoms with E-state index < -0.39 is 30.5 Å². The fraction of sp³-hybridized carbons (Fsp3) is 0.364. The molecule has 0 radical (unpaired) electrons. The molecule has 0 heterocycles. The Balaban J connectivity index is 2.61. The van der Waals surface area contributed by atoms with E-state index in [1.807, 2.05) is 0 Å². The van der Waals surface area contributed by atoms with E-state index in [1.165, 1.54) is 19.1 Å². The van der Waals surface area contributed by atoms with Crippen molar-refractivity contribution in [3.63, 3.8) is 0 Å². The lowest BCUT2D eigenvalue weighted by atomic mass is 10.2. The average Bonchev–Trinajstić information content (AvgIpc) is 2.29. The summed E-state index contributed by atoms with van der Waals surface area (Å²) in [7, 11) is 0. The minimum absolute atomic E-state index is 0.287. The van der Waals surface area contributed by atoms with Gasteiger partial charge in [0.15, 0.2) is 0 Å². The molecule has 0 aromatic heterocycles. The number of hydrogen-bond acceptors (Lipinski definition) is 2. The van der Waals surface area contributed by atoms with Gasteiger partial charge in [-0.3, -0.25) is 4.79 Å². The van der Waals surface area contributed by atoms with Gasteiger partial charge < -0.3 is 10.6 Å². The van der Waals surface area contributed by atoms with Crippen LogP contribution in [0, 0.1) is 5.82 Å². The number of halogens is 5. The van der Waals surface area contributed by atoms with Crippen molar-refractivity contribution in [1.82, 2.24) is 5.32 Å². The van der Waals surface area contributed by atoms with E-state index in [0.717, 1.165) is 6.07 Å². The van der Waals surface area contributed by atoms with E-state index in [1.54, 1.807) is 5.32 Å². The number of amides is 1. The molecule has 1 aromatic carbocycles. The van der Waals surface area contributed by atoms with E-state index in [9.17, 15) is 22.4 Å². The molecule has 0 saturated heterocycles. The van der Waals surface area contributed by atoms with Crippen LogP contribution < -0.4 is 10.6 Å². The first-order valence-corrected chi connectivity index (χ1v) is 6.04. The van der Waals surface area contributed by atoms with E-state index in [4.69, 9.17) is 0 Å². The Bertz CT molecular complexity index is 464. The fourth-order valence-electron chi connectivity index (χ4n) is 1.25. The van der Waals surface area contributed by atoms with Crippen molar-refractivity contribution in [3.8, 4) is 0 Å². The monoisotopic (exact) mass is 342 g/mol. The second kappa shape index (κ2) is 6.23. The Morgan fingerprint density at radius 1 is 1.42 bits per heavy atom. The van der Waals surface area contributed by atoms with Crippen molar-refractivity contribution in [2.24, 2.45) is 0 Å². The Kier molecular flexibility index (Phi) is 5.16. The molecule has 1 atom stereocenters. The first-order valence-electron chi connectivity index (χ1n) is 5.25. The molecule has 1 aromatic rings. The maximum absolute atomic E-state index is 13.0. The highest BCUT2D eigenvalue weighted by molar-refractivity contribution is 9.10. The molecule has 0 fully saturated rings. The Morgan fingerprint density at radius 3 is 2.63 bits per heavy atom. The van der Waals surface area contributed by atoms with Gasteiger partial charge in [0.2, 0.25) is 5.91 Å². The second-order valence-corrected chi connectivity index (χ2v) is 4.68. The van der Waals surface area contributed by atoms with Gasteiger partial charge in [-0.05, 0) is 41.1 Å². The summed E-state index contributed by atoms with van der Waals surface area (Å²) in [4.78, 5) is 11.4. The van der Waals surface area contributed by atoms with E-state index in [0.29, 0.717) is 4.47 Å². The van der Waals surface area contributed by atoms with Crippen LogP contribution in [0.2, 0.25) is 0 Å². The molecule has 2 N–H and O–H groups in total. The molecule has 0 aliphatic rings. The van der Waals surface area contributed by atoms with Gasteiger partial charge in [0.1, 0.15) is 18.4 Å². The highest BCUT2D eigenvalue weighted by atomic mass is 79.9. The summed E-state index contributed by atoms with van der Waals surface area (Å²) in [6, 6.07) is 2.85. The van der Waals surface area contributed by atoms with Crippen LogP contribution in [0.4, 0.5) is 23.2 Å². The van der Waals surface area contributed by atoms with E-state index in [2.05, 4.69) is 21.2 Å². The van der Waals surface area contributed by atoms with E-state index >= 15 is 0 Å². The van der Waals surface area contributed by atoms with Gasteiger partial charge in [-0.2, -0.15) is 13.2 Å². The zero-order valence-corrected chi connectivity index (χ0v) is 11.4. The Hall–Kier alpha value is -1.31. The van der Waals surface area contributed by atoms with E-state index in [-0.39, 0.29) is 5.69 Å². The molecular formula is C11H11BrF4N2O. The summed E-state index contributed by atoms with van der Waals surface area (Å²) >= 11 is 3.14. The summed E-state index contributed by atoms with van der Waals surface area (Å²) in [6.07, 6.45) is -4.46. The van der Waals surface area contributed by atoms with Gasteiger partial charge in [-0.25, -0.2) is 4.39 Å². The number of benzene rings is 1. The van der Waals surface area contributed by atoms with Crippen molar-refractivity contribution in [2.45, 2.75) is 19.1 Å². The smallest absolute Gasteiger partial charge is 0.373 e. The molecule has 8 heteroatoms. The molecule has 19 heavy (non-hydrogen) atoms. The minimum Gasteiger partial charge on any atom is -0.373 e. The molecule has 1 amide bonds. The quantitative estimate of drug-likeness (QED) is 0.825. The number of nitrogens with one attached hydrogen (secondary N) is 2. The van der Waals surface area contributed by atoms with Crippen LogP contribution in [-0.4, -0.2) is 24.7 Å². The van der Waals surface area contributed by atoms with Crippen LogP contribution in [0.25, 0.3) is 0 Å². The average molecular weight is 343 g/mol. The second-order valence-electron chi connectivity index (χ2n) is 3.82. The third-order valence-electron chi connectivity index (χ3n) is 2.16. The summed E-state index contributed by atoms with van der Waals surface area (Å²) < 4.78 is 49.3. The SMILES string of the molecule is CC(Nc1cc(F)ccc1Br)C(=O)NCC(F)(F)F. The molecule has 106 valence electrons. The normalized spacial score (nSPS) is 12.9. The maximum Gasteiger partial charge on any atom is 0.405 e. The topological polar surface area (TPSA) is 41.1 Å². The lowest BCUT2D eigenvalue weighted by Crippen LogP contribution is -2.42. The summed E-state index contributed by atoms with van der Waals surface area (Å²) in [5.41, 5.74) is 0.287.